The van der Waals surface area contributed by atoms with Crippen LogP contribution in [0.5, 0.6) is 5.75 Å². The second-order valence-electron chi connectivity index (χ2n) is 6.19. The van der Waals surface area contributed by atoms with Crippen molar-refractivity contribution in [2.75, 3.05) is 26.2 Å². The molecule has 3 rings (SSSR count). The second kappa shape index (κ2) is 7.62. The summed E-state index contributed by atoms with van der Waals surface area (Å²) in [5.74, 6) is -0.612. The third-order valence-corrected chi connectivity index (χ3v) is 4.60. The summed E-state index contributed by atoms with van der Waals surface area (Å²) >= 11 is 0. The highest BCUT2D eigenvalue weighted by molar-refractivity contribution is 5.93. The topological polar surface area (TPSA) is 107 Å². The zero-order valence-corrected chi connectivity index (χ0v) is 13.9. The normalized spacial score (nSPS) is 18.4. The summed E-state index contributed by atoms with van der Waals surface area (Å²) in [7, 11) is 0. The average Bonchev–Trinajstić information content (AvgIpc) is 2.63. The minimum absolute atomic E-state index is 0.0690. The number of aliphatic hydroxyl groups is 1. The van der Waals surface area contributed by atoms with Gasteiger partial charge in [0, 0.05) is 31.5 Å². The zero-order chi connectivity index (χ0) is 17.8. The summed E-state index contributed by atoms with van der Waals surface area (Å²) in [6, 6.07) is 3.08. The van der Waals surface area contributed by atoms with Crippen LogP contribution >= 0.6 is 0 Å². The SMILES string of the molecule is O=C(NCCN1CCCCC1CO)c1cnc2c(O)cccn2c1=O. The Balaban J connectivity index is 1.66. The molecule has 0 aromatic carbocycles. The number of likely N-dealkylation sites (tertiary alicyclic amines) is 1. The molecule has 1 atom stereocenters. The molecule has 2 aromatic rings. The maximum atomic E-state index is 12.4. The van der Waals surface area contributed by atoms with Gasteiger partial charge in [0.1, 0.15) is 5.56 Å². The highest BCUT2D eigenvalue weighted by atomic mass is 16.3. The van der Waals surface area contributed by atoms with Crippen LogP contribution < -0.4 is 10.9 Å². The lowest BCUT2D eigenvalue weighted by atomic mass is 10.0. The number of aromatic hydroxyl groups is 1. The third-order valence-electron chi connectivity index (χ3n) is 4.60. The van der Waals surface area contributed by atoms with Gasteiger partial charge in [-0.05, 0) is 31.5 Å². The minimum atomic E-state index is -0.524. The maximum absolute atomic E-state index is 12.4. The lowest BCUT2D eigenvalue weighted by molar-refractivity contribution is 0.0848. The fourth-order valence-electron chi connectivity index (χ4n) is 3.22. The highest BCUT2D eigenvalue weighted by Gasteiger charge is 2.21. The first kappa shape index (κ1) is 17.4. The van der Waals surface area contributed by atoms with Crippen LogP contribution in [-0.2, 0) is 0 Å². The molecule has 25 heavy (non-hydrogen) atoms. The van der Waals surface area contributed by atoms with Gasteiger partial charge in [-0.1, -0.05) is 6.42 Å². The predicted octanol–water partition coefficient (Wildman–Crippen LogP) is -0.0233. The Bertz CT molecular complexity index is 820. The lowest BCUT2D eigenvalue weighted by Gasteiger charge is -2.34. The molecule has 1 unspecified atom stereocenters. The van der Waals surface area contributed by atoms with E-state index in [9.17, 15) is 19.8 Å². The molecule has 0 spiro atoms. The minimum Gasteiger partial charge on any atom is -0.504 e. The van der Waals surface area contributed by atoms with E-state index in [0.717, 1.165) is 30.2 Å². The van der Waals surface area contributed by atoms with Crippen molar-refractivity contribution in [2.24, 2.45) is 0 Å². The van der Waals surface area contributed by atoms with Gasteiger partial charge in [0.25, 0.3) is 11.5 Å². The molecule has 0 saturated carbocycles. The average molecular weight is 346 g/mol. The zero-order valence-electron chi connectivity index (χ0n) is 13.9. The number of rotatable bonds is 5. The lowest BCUT2D eigenvalue weighted by Crippen LogP contribution is -2.45. The maximum Gasteiger partial charge on any atom is 0.270 e. The quantitative estimate of drug-likeness (QED) is 0.702. The number of nitrogens with zero attached hydrogens (tertiary/aromatic N) is 3. The van der Waals surface area contributed by atoms with E-state index in [-0.39, 0.29) is 29.6 Å². The van der Waals surface area contributed by atoms with Crippen LogP contribution in [0, 0.1) is 0 Å². The van der Waals surface area contributed by atoms with Crippen LogP contribution in [0.25, 0.3) is 5.65 Å². The molecule has 1 saturated heterocycles. The van der Waals surface area contributed by atoms with E-state index in [1.807, 2.05) is 0 Å². The van der Waals surface area contributed by atoms with Crippen LogP contribution in [0.1, 0.15) is 29.6 Å². The first-order valence-corrected chi connectivity index (χ1v) is 8.44. The molecule has 1 aliphatic heterocycles. The van der Waals surface area contributed by atoms with E-state index in [4.69, 9.17) is 0 Å². The van der Waals surface area contributed by atoms with Crippen LogP contribution in [0.2, 0.25) is 0 Å². The Kier molecular flexibility index (Phi) is 5.30. The molecule has 1 amide bonds. The molecular weight excluding hydrogens is 324 g/mol. The molecule has 8 heteroatoms. The van der Waals surface area contributed by atoms with E-state index < -0.39 is 11.5 Å². The number of carbonyl (C=O) groups excluding carboxylic acids is 1. The summed E-state index contributed by atoms with van der Waals surface area (Å²) in [5, 5.41) is 21.8. The number of hydrogen-bond donors (Lipinski definition) is 3. The molecule has 3 N–H and O–H groups in total. The molecule has 0 bridgehead atoms. The molecule has 1 fully saturated rings. The summed E-state index contributed by atoms with van der Waals surface area (Å²) < 4.78 is 1.15. The van der Waals surface area contributed by atoms with Crippen molar-refractivity contribution in [3.05, 3.63) is 40.4 Å². The van der Waals surface area contributed by atoms with Crippen molar-refractivity contribution in [1.82, 2.24) is 19.6 Å². The highest BCUT2D eigenvalue weighted by Crippen LogP contribution is 2.16. The van der Waals surface area contributed by atoms with E-state index >= 15 is 0 Å². The van der Waals surface area contributed by atoms with E-state index in [0.29, 0.717) is 13.1 Å². The number of hydrogen-bond acceptors (Lipinski definition) is 6. The number of fused-ring (bicyclic) bond motifs is 1. The van der Waals surface area contributed by atoms with Gasteiger partial charge in [0.2, 0.25) is 0 Å². The number of aliphatic hydroxyl groups excluding tert-OH is 1. The summed E-state index contributed by atoms with van der Waals surface area (Å²) in [5.41, 5.74) is -0.479. The van der Waals surface area contributed by atoms with Crippen LogP contribution in [0.3, 0.4) is 0 Å². The fraction of sp³-hybridized carbons (Fsp3) is 0.471. The molecule has 0 aliphatic carbocycles. The number of carbonyl (C=O) groups is 1. The Morgan fingerprint density at radius 3 is 3.04 bits per heavy atom. The standard InChI is InChI=1S/C17H22N4O4/c22-11-12-4-1-2-7-20(12)9-6-18-16(24)13-10-19-15-14(23)5-3-8-21(15)17(13)25/h3,5,8,10,12,22-23H,1-2,4,6-7,9,11H2,(H,18,24). The Morgan fingerprint density at radius 1 is 1.40 bits per heavy atom. The Morgan fingerprint density at radius 2 is 2.24 bits per heavy atom. The van der Waals surface area contributed by atoms with Crippen molar-refractivity contribution in [2.45, 2.75) is 25.3 Å². The molecule has 3 heterocycles. The van der Waals surface area contributed by atoms with Gasteiger partial charge in [0.15, 0.2) is 11.4 Å². The van der Waals surface area contributed by atoms with Gasteiger partial charge in [0.05, 0.1) is 6.61 Å². The Hall–Kier alpha value is -2.45. The van der Waals surface area contributed by atoms with Crippen LogP contribution in [0.15, 0.2) is 29.3 Å². The van der Waals surface area contributed by atoms with Gasteiger partial charge in [-0.25, -0.2) is 4.98 Å². The summed E-state index contributed by atoms with van der Waals surface area (Å²) in [6.07, 6.45) is 5.80. The monoisotopic (exact) mass is 346 g/mol. The third kappa shape index (κ3) is 3.64. The molecule has 0 radical (unpaired) electrons. The largest absolute Gasteiger partial charge is 0.504 e. The smallest absolute Gasteiger partial charge is 0.270 e. The second-order valence-corrected chi connectivity index (χ2v) is 6.19. The molecular formula is C17H22N4O4. The van der Waals surface area contributed by atoms with Gasteiger partial charge in [-0.3, -0.25) is 18.9 Å². The van der Waals surface area contributed by atoms with Gasteiger partial charge in [-0.2, -0.15) is 0 Å². The number of piperidine rings is 1. The van der Waals surface area contributed by atoms with E-state index in [2.05, 4.69) is 15.2 Å². The van der Waals surface area contributed by atoms with Crippen molar-refractivity contribution in [1.29, 1.82) is 0 Å². The number of aromatic nitrogens is 2. The van der Waals surface area contributed by atoms with Gasteiger partial charge >= 0.3 is 0 Å². The van der Waals surface area contributed by atoms with Crippen molar-refractivity contribution >= 4 is 11.6 Å². The van der Waals surface area contributed by atoms with Crippen LogP contribution in [-0.4, -0.2) is 62.7 Å². The predicted molar refractivity (Wildman–Crippen MR) is 91.8 cm³/mol. The Labute approximate surface area is 144 Å². The molecule has 1 aliphatic rings. The number of amides is 1. The molecule has 134 valence electrons. The first-order valence-electron chi connectivity index (χ1n) is 8.44. The first-order chi connectivity index (χ1) is 12.1. The van der Waals surface area contributed by atoms with Gasteiger partial charge < -0.3 is 15.5 Å². The van der Waals surface area contributed by atoms with Crippen LogP contribution in [0.4, 0.5) is 0 Å². The molecule has 8 nitrogen and oxygen atoms in total. The summed E-state index contributed by atoms with van der Waals surface area (Å²) in [4.78, 5) is 30.8. The van der Waals surface area contributed by atoms with Crippen molar-refractivity contribution in [3.8, 4) is 5.75 Å². The molecule has 2 aromatic heterocycles. The number of pyridine rings is 1. The fourth-order valence-corrected chi connectivity index (χ4v) is 3.22. The van der Waals surface area contributed by atoms with Crippen molar-refractivity contribution < 1.29 is 15.0 Å². The van der Waals surface area contributed by atoms with E-state index in [1.54, 1.807) is 0 Å². The van der Waals surface area contributed by atoms with Crippen molar-refractivity contribution in [3.63, 3.8) is 0 Å². The summed E-state index contributed by atoms with van der Waals surface area (Å²) in [6.45, 7) is 2.03. The number of nitrogens with one attached hydrogen (secondary N) is 1. The van der Waals surface area contributed by atoms with E-state index in [1.165, 1.54) is 24.5 Å². The van der Waals surface area contributed by atoms with Gasteiger partial charge in [-0.15, -0.1) is 0 Å².